The van der Waals surface area contributed by atoms with Crippen LogP contribution in [0.3, 0.4) is 0 Å². The number of hydrogen-bond acceptors (Lipinski definition) is 8. The number of rotatable bonds is 11. The van der Waals surface area contributed by atoms with Gasteiger partial charge in [-0.2, -0.15) is 0 Å². The zero-order valence-corrected chi connectivity index (χ0v) is 38.1. The summed E-state index contributed by atoms with van der Waals surface area (Å²) in [5.41, 5.74) is 8.70. The summed E-state index contributed by atoms with van der Waals surface area (Å²) < 4.78 is 11.3. The molecule has 3 aliphatic heterocycles. The Bertz CT molecular complexity index is 2950. The monoisotopic (exact) mass is 900 g/mol. The fourth-order valence-electron chi connectivity index (χ4n) is 10.7. The van der Waals surface area contributed by atoms with Gasteiger partial charge in [-0.25, -0.2) is 14.8 Å². The van der Waals surface area contributed by atoms with Crippen LogP contribution in [0, 0.1) is 11.8 Å². The molecule has 2 aromatic heterocycles. The van der Waals surface area contributed by atoms with E-state index in [-0.39, 0.29) is 41.6 Å². The van der Waals surface area contributed by atoms with Crippen LogP contribution in [-0.4, -0.2) is 79.8 Å². The van der Waals surface area contributed by atoms with Gasteiger partial charge in [0.1, 0.15) is 36.1 Å². The first-order valence-electron chi connectivity index (χ1n) is 23.9. The topological polar surface area (TPSA) is 175 Å². The summed E-state index contributed by atoms with van der Waals surface area (Å²) in [4.78, 5) is 74.3. The maximum absolute atomic E-state index is 14.6. The van der Waals surface area contributed by atoms with E-state index in [4.69, 9.17) is 19.4 Å². The van der Waals surface area contributed by atoms with Crippen molar-refractivity contribution < 1.29 is 28.7 Å². The van der Waals surface area contributed by atoms with E-state index in [9.17, 15) is 19.2 Å². The van der Waals surface area contributed by atoms with E-state index < -0.39 is 18.2 Å². The normalized spacial score (nSPS) is 20.7. The molecule has 14 heteroatoms. The van der Waals surface area contributed by atoms with Gasteiger partial charge in [-0.3, -0.25) is 14.4 Å². The maximum Gasteiger partial charge on any atom is 0.407 e. The number of ether oxygens (including phenoxy) is 2. The van der Waals surface area contributed by atoms with Gasteiger partial charge in [-0.05, 0) is 115 Å². The molecule has 6 aromatic rings. The highest BCUT2D eigenvalue weighted by Gasteiger charge is 2.40. The van der Waals surface area contributed by atoms with Crippen LogP contribution in [0.5, 0.6) is 5.75 Å². The highest BCUT2D eigenvalue weighted by Crippen LogP contribution is 2.44. The number of hydrogen-bond donors (Lipinski definition) is 4. The van der Waals surface area contributed by atoms with Crippen LogP contribution in [0.1, 0.15) is 118 Å². The largest absolute Gasteiger partial charge is 0.488 e. The molecule has 0 bridgehead atoms. The second kappa shape index (κ2) is 17.4. The predicted octanol–water partition coefficient (Wildman–Crippen LogP) is 9.07. The average molecular weight is 901 g/mol. The van der Waals surface area contributed by atoms with Crippen molar-refractivity contribution in [1.82, 2.24) is 40.4 Å². The van der Waals surface area contributed by atoms with Crippen molar-refractivity contribution in [2.45, 2.75) is 102 Å². The molecule has 5 aliphatic rings. The van der Waals surface area contributed by atoms with Crippen molar-refractivity contribution in [2.24, 2.45) is 11.8 Å². The number of carbonyl (C=O) groups excluding carboxylic acids is 4. The van der Waals surface area contributed by atoms with E-state index in [1.54, 1.807) is 0 Å². The molecule has 3 fully saturated rings. The van der Waals surface area contributed by atoms with Crippen molar-refractivity contribution >= 4 is 45.6 Å². The second-order valence-corrected chi connectivity index (χ2v) is 19.2. The number of nitrogens with zero attached hydrogens (tertiary/aromatic N) is 4. The minimum absolute atomic E-state index is 0.0222. The van der Waals surface area contributed by atoms with E-state index in [2.05, 4.69) is 87.4 Å². The Kier molecular flexibility index (Phi) is 11.1. The third kappa shape index (κ3) is 7.99. The third-order valence-corrected chi connectivity index (χ3v) is 14.6. The van der Waals surface area contributed by atoms with Gasteiger partial charge in [0.05, 0.1) is 42.1 Å². The highest BCUT2D eigenvalue weighted by atomic mass is 16.5. The second-order valence-electron chi connectivity index (χ2n) is 19.2. The van der Waals surface area contributed by atoms with Crippen LogP contribution in [0.15, 0.2) is 85.1 Å². The maximum atomic E-state index is 14.6. The first kappa shape index (κ1) is 42.7. The summed E-state index contributed by atoms with van der Waals surface area (Å²) in [6.45, 7) is 5.37. The molecule has 2 aliphatic carbocycles. The zero-order chi connectivity index (χ0) is 45.9. The van der Waals surface area contributed by atoms with Crippen molar-refractivity contribution in [3.63, 3.8) is 0 Å². The van der Waals surface area contributed by atoms with Gasteiger partial charge in [0.25, 0.3) is 0 Å². The van der Waals surface area contributed by atoms with Gasteiger partial charge in [0, 0.05) is 35.9 Å². The number of allylic oxidation sites excluding steroid dienone is 2. The van der Waals surface area contributed by atoms with Crippen LogP contribution in [0.25, 0.3) is 44.2 Å². The standard InChI is InChI=1S/C53H56N8O6/c1-29(2)45(59-53(65)66-3)51(63)60-22-6-10-42(60)48-54-27-41(56-48)35-18-20-37-36(24-35)28-67-44-26-38-34(25-39(37)44)19-21-40-47(38)57-49(55-40)43-11-7-23-61(43)52(64)46(58-50(62)33-16-17-33)32-14-12-31(13-15-32)30-8-4-5-9-30/h4,8,12-15,18-21,24-27,29-30,33,42-43,45-46H,5-7,9-11,16-17,22-23,28H2,1-3H3,(H,54,56)(H,55,57)(H,58,62)(H,59,65)/t30?,42-,43-,45-,46+/m0/s1. The summed E-state index contributed by atoms with van der Waals surface area (Å²) >= 11 is 0. The number of imidazole rings is 2. The van der Waals surface area contributed by atoms with E-state index in [0.29, 0.717) is 31.4 Å². The van der Waals surface area contributed by atoms with Gasteiger partial charge in [-0.1, -0.05) is 68.5 Å². The van der Waals surface area contributed by atoms with Crippen molar-refractivity contribution in [3.05, 3.63) is 113 Å². The summed E-state index contributed by atoms with van der Waals surface area (Å²) in [6, 6.07) is 21.0. The van der Waals surface area contributed by atoms with Gasteiger partial charge < -0.3 is 39.9 Å². The van der Waals surface area contributed by atoms with Crippen LogP contribution < -0.4 is 15.4 Å². The molecular weight excluding hydrogens is 845 g/mol. The molecule has 14 nitrogen and oxygen atoms in total. The lowest BCUT2D eigenvalue weighted by molar-refractivity contribution is -0.138. The Morgan fingerprint density at radius 2 is 1.60 bits per heavy atom. The molecule has 344 valence electrons. The lowest BCUT2D eigenvalue weighted by Gasteiger charge is -2.30. The number of amides is 4. The lowest BCUT2D eigenvalue weighted by Crippen LogP contribution is -2.51. The minimum Gasteiger partial charge on any atom is -0.488 e. The fraction of sp³-hybridized carbons (Fsp3) is 0.396. The van der Waals surface area contributed by atoms with E-state index in [1.165, 1.54) is 12.7 Å². The van der Waals surface area contributed by atoms with Gasteiger partial charge in [0.15, 0.2) is 0 Å². The molecule has 4 N–H and O–H groups in total. The van der Waals surface area contributed by atoms with Crippen LogP contribution in [-0.2, 0) is 25.7 Å². The molecule has 1 saturated carbocycles. The molecule has 5 heterocycles. The van der Waals surface area contributed by atoms with Crippen LogP contribution in [0.2, 0.25) is 0 Å². The minimum atomic E-state index is -0.770. The smallest absolute Gasteiger partial charge is 0.407 e. The van der Waals surface area contributed by atoms with Crippen LogP contribution >= 0.6 is 0 Å². The molecule has 5 atom stereocenters. The summed E-state index contributed by atoms with van der Waals surface area (Å²) in [5, 5.41) is 7.85. The molecular formula is C53H56N8O6. The number of fused-ring (bicyclic) bond motifs is 6. The first-order chi connectivity index (χ1) is 32.6. The Labute approximate surface area is 388 Å². The Hall–Kier alpha value is -6.96. The molecule has 0 radical (unpaired) electrons. The van der Waals surface area contributed by atoms with E-state index >= 15 is 0 Å². The van der Waals surface area contributed by atoms with Gasteiger partial charge >= 0.3 is 6.09 Å². The number of aromatic amines is 2. The quantitative estimate of drug-likeness (QED) is 0.0932. The lowest BCUT2D eigenvalue weighted by atomic mass is 9.92. The molecule has 2 saturated heterocycles. The first-order valence-corrected chi connectivity index (χ1v) is 23.9. The summed E-state index contributed by atoms with van der Waals surface area (Å²) in [7, 11) is 1.29. The highest BCUT2D eigenvalue weighted by molar-refractivity contribution is 6.07. The van der Waals surface area contributed by atoms with Gasteiger partial charge in [-0.15, -0.1) is 0 Å². The van der Waals surface area contributed by atoms with Crippen molar-refractivity contribution in [3.8, 4) is 28.1 Å². The molecule has 67 heavy (non-hydrogen) atoms. The van der Waals surface area contributed by atoms with Crippen molar-refractivity contribution in [2.75, 3.05) is 20.2 Å². The van der Waals surface area contributed by atoms with Crippen molar-refractivity contribution in [1.29, 1.82) is 0 Å². The zero-order valence-electron chi connectivity index (χ0n) is 38.1. The summed E-state index contributed by atoms with van der Waals surface area (Å²) in [5.74, 6) is 2.18. The predicted molar refractivity (Wildman–Crippen MR) is 254 cm³/mol. The third-order valence-electron chi connectivity index (χ3n) is 14.6. The van der Waals surface area contributed by atoms with E-state index in [0.717, 1.165) is 118 Å². The summed E-state index contributed by atoms with van der Waals surface area (Å²) in [6.07, 6.45) is 12.8. The number of aromatic nitrogens is 4. The SMILES string of the molecule is COC(=O)N[C@H](C(=O)N1CCC[C@H]1c1ncc(-c2ccc3c(c2)COc2cc4c(ccc5[nH]c([C@@H]6CCCN6C(=O)[C@H](NC(=O)C6CC6)c6ccc(C7C=CCC7)cc6)nc54)cc2-3)[nH]1)C(C)C. The number of likely N-dealkylation sites (tertiary alicyclic amines) is 2. The molecule has 4 amide bonds. The number of carbonyl (C=O) groups is 4. The molecule has 0 spiro atoms. The number of alkyl carbamates (subject to hydrolysis) is 1. The van der Waals surface area contributed by atoms with Gasteiger partial charge in [0.2, 0.25) is 17.7 Å². The molecule has 11 rings (SSSR count). The Morgan fingerprint density at radius 1 is 0.821 bits per heavy atom. The number of nitrogens with one attached hydrogen (secondary N) is 4. The number of benzene rings is 4. The van der Waals surface area contributed by atoms with Crippen LogP contribution in [0.4, 0.5) is 4.79 Å². The average Bonchev–Trinajstić information content (AvgIpc) is 3.99. The van der Waals surface area contributed by atoms with E-state index in [1.807, 2.05) is 42.0 Å². The molecule has 4 aromatic carbocycles. The molecule has 1 unspecified atom stereocenters. The Balaban J connectivity index is 0.832. The number of H-pyrrole nitrogens is 2. The fourth-order valence-corrected chi connectivity index (χ4v) is 10.7. The number of methoxy groups -OCH3 is 1. The Morgan fingerprint density at radius 3 is 2.33 bits per heavy atom.